The number of rotatable bonds is 1. The van der Waals surface area contributed by atoms with E-state index in [1.807, 2.05) is 24.3 Å². The van der Waals surface area contributed by atoms with Crippen molar-refractivity contribution in [2.24, 2.45) is 11.8 Å². The van der Waals surface area contributed by atoms with E-state index in [2.05, 4.69) is 9.97 Å². The summed E-state index contributed by atoms with van der Waals surface area (Å²) < 4.78 is 1.68. The van der Waals surface area contributed by atoms with E-state index in [0.717, 1.165) is 31.2 Å². The number of imidazole rings is 1. The van der Waals surface area contributed by atoms with Crippen LogP contribution in [0.5, 0.6) is 0 Å². The molecule has 0 bridgehead atoms. The number of fused-ring (bicyclic) bond motifs is 4. The minimum atomic E-state index is -0.381. The maximum Gasteiger partial charge on any atom is 0.254 e. The summed E-state index contributed by atoms with van der Waals surface area (Å²) >= 11 is 0. The molecule has 0 radical (unpaired) electrons. The number of nitrogens with zero attached hydrogens (tertiary/aromatic N) is 3. The standard InChI is InChI=1S/C18H16N4O3/c23-14-9-15(21-13-8-4-3-7-12(13)19-18(21)20-14)22-16(24)10-5-1-2-6-11(10)17(22)25/h3-4,7-11H,1-2,5-6H2,(H,19,20,23)/t10-,11+. The average molecular weight is 336 g/mol. The highest BCUT2D eigenvalue weighted by Gasteiger charge is 2.49. The summed E-state index contributed by atoms with van der Waals surface area (Å²) in [5.41, 5.74) is 1.06. The summed E-state index contributed by atoms with van der Waals surface area (Å²) in [6.07, 6.45) is 3.41. The van der Waals surface area contributed by atoms with Crippen LogP contribution < -0.4 is 10.5 Å². The lowest BCUT2D eigenvalue weighted by Crippen LogP contribution is -2.33. The van der Waals surface area contributed by atoms with E-state index >= 15 is 0 Å². The highest BCUT2D eigenvalue weighted by molar-refractivity contribution is 6.22. The van der Waals surface area contributed by atoms with Gasteiger partial charge in [0.05, 0.1) is 22.9 Å². The topological polar surface area (TPSA) is 87.5 Å². The van der Waals surface area contributed by atoms with Gasteiger partial charge in [-0.05, 0) is 25.0 Å². The van der Waals surface area contributed by atoms with Crippen molar-refractivity contribution in [1.82, 2.24) is 14.4 Å². The van der Waals surface area contributed by atoms with Crippen LogP contribution in [0.4, 0.5) is 5.82 Å². The third-order valence-corrected chi connectivity index (χ3v) is 5.36. The average Bonchev–Trinajstić information content (AvgIpc) is 3.10. The molecule has 1 aliphatic carbocycles. The molecule has 1 N–H and O–H groups in total. The number of carbonyl (C=O) groups is 2. The van der Waals surface area contributed by atoms with Gasteiger partial charge in [0.25, 0.3) is 5.56 Å². The predicted molar refractivity (Wildman–Crippen MR) is 91.3 cm³/mol. The summed E-state index contributed by atoms with van der Waals surface area (Å²) in [5, 5.41) is 0. The molecule has 3 heterocycles. The Morgan fingerprint density at radius 2 is 1.68 bits per heavy atom. The Labute approximate surface area is 142 Å². The molecule has 3 aromatic rings. The molecule has 1 saturated heterocycles. The van der Waals surface area contributed by atoms with Gasteiger partial charge in [0, 0.05) is 6.07 Å². The molecule has 5 rings (SSSR count). The molecule has 2 amide bonds. The van der Waals surface area contributed by atoms with Gasteiger partial charge in [0.2, 0.25) is 17.6 Å². The molecule has 7 heteroatoms. The van der Waals surface area contributed by atoms with Crippen molar-refractivity contribution in [2.75, 3.05) is 4.90 Å². The molecule has 1 aromatic carbocycles. The van der Waals surface area contributed by atoms with Crippen LogP contribution in [0.1, 0.15) is 25.7 Å². The Bertz CT molecular complexity index is 1070. The van der Waals surface area contributed by atoms with Crippen molar-refractivity contribution >= 4 is 34.4 Å². The first-order valence-corrected chi connectivity index (χ1v) is 8.53. The van der Waals surface area contributed by atoms with Crippen molar-refractivity contribution in [3.8, 4) is 0 Å². The van der Waals surface area contributed by atoms with E-state index in [-0.39, 0.29) is 35.0 Å². The van der Waals surface area contributed by atoms with Gasteiger partial charge in [-0.15, -0.1) is 0 Å². The second-order valence-corrected chi connectivity index (χ2v) is 6.76. The molecule has 1 saturated carbocycles. The normalized spacial score (nSPS) is 23.6. The number of H-pyrrole nitrogens is 1. The summed E-state index contributed by atoms with van der Waals surface area (Å²) in [6, 6.07) is 8.72. The Balaban J connectivity index is 1.79. The number of nitrogens with one attached hydrogen (secondary N) is 1. The molecule has 0 unspecified atom stereocenters. The maximum absolute atomic E-state index is 12.9. The molecule has 126 valence electrons. The fourth-order valence-corrected chi connectivity index (χ4v) is 4.22. The number of benzene rings is 1. The van der Waals surface area contributed by atoms with E-state index < -0.39 is 0 Å². The first-order valence-electron chi connectivity index (χ1n) is 8.53. The molecule has 2 aliphatic rings. The number of aromatic amines is 1. The van der Waals surface area contributed by atoms with E-state index in [1.165, 1.54) is 11.0 Å². The molecule has 2 fully saturated rings. The third-order valence-electron chi connectivity index (χ3n) is 5.36. The van der Waals surface area contributed by atoms with Crippen molar-refractivity contribution < 1.29 is 9.59 Å². The van der Waals surface area contributed by atoms with E-state index in [0.29, 0.717) is 11.3 Å². The summed E-state index contributed by atoms with van der Waals surface area (Å²) in [6.45, 7) is 0. The summed E-state index contributed by atoms with van der Waals surface area (Å²) in [5.74, 6) is -0.287. The third kappa shape index (κ3) is 1.92. The van der Waals surface area contributed by atoms with Crippen molar-refractivity contribution in [2.45, 2.75) is 25.7 Å². The number of hydrogen-bond acceptors (Lipinski definition) is 4. The quantitative estimate of drug-likeness (QED) is 0.687. The first kappa shape index (κ1) is 14.4. The molecule has 0 spiro atoms. The van der Waals surface area contributed by atoms with Crippen molar-refractivity contribution in [3.63, 3.8) is 0 Å². The van der Waals surface area contributed by atoms with Gasteiger partial charge in [-0.3, -0.25) is 23.8 Å². The minimum Gasteiger partial charge on any atom is -0.292 e. The second-order valence-electron chi connectivity index (χ2n) is 6.76. The number of para-hydroxylation sites is 2. The highest BCUT2D eigenvalue weighted by Crippen LogP contribution is 2.40. The van der Waals surface area contributed by atoms with Gasteiger partial charge in [-0.1, -0.05) is 25.0 Å². The van der Waals surface area contributed by atoms with E-state index in [1.54, 1.807) is 4.40 Å². The lowest BCUT2D eigenvalue weighted by molar-refractivity contribution is -0.122. The lowest BCUT2D eigenvalue weighted by atomic mass is 9.81. The van der Waals surface area contributed by atoms with Gasteiger partial charge in [-0.2, -0.15) is 0 Å². The van der Waals surface area contributed by atoms with Crippen LogP contribution in [0.3, 0.4) is 0 Å². The van der Waals surface area contributed by atoms with Crippen LogP contribution in [-0.2, 0) is 9.59 Å². The fourth-order valence-electron chi connectivity index (χ4n) is 4.22. The SMILES string of the molecule is O=C1[C@H]2CCCC[C@H]2C(=O)N1c1cc(=O)[nH]c2nc3ccccc3n12. The lowest BCUT2D eigenvalue weighted by Gasteiger charge is -2.19. The molecule has 1 aliphatic heterocycles. The van der Waals surface area contributed by atoms with Crippen LogP contribution in [0.25, 0.3) is 16.8 Å². The van der Waals surface area contributed by atoms with Crippen LogP contribution in [-0.4, -0.2) is 26.2 Å². The largest absolute Gasteiger partial charge is 0.292 e. The zero-order chi connectivity index (χ0) is 17.1. The predicted octanol–water partition coefficient (Wildman–Crippen LogP) is 1.86. The number of imide groups is 1. The molecule has 25 heavy (non-hydrogen) atoms. The van der Waals surface area contributed by atoms with Crippen LogP contribution in [0, 0.1) is 11.8 Å². The highest BCUT2D eigenvalue weighted by atomic mass is 16.2. The van der Waals surface area contributed by atoms with Crippen LogP contribution in [0.2, 0.25) is 0 Å². The zero-order valence-electron chi connectivity index (χ0n) is 13.4. The number of amides is 2. The van der Waals surface area contributed by atoms with Crippen molar-refractivity contribution in [1.29, 1.82) is 0 Å². The van der Waals surface area contributed by atoms with Crippen LogP contribution in [0.15, 0.2) is 35.1 Å². The van der Waals surface area contributed by atoms with Gasteiger partial charge in [0.15, 0.2) is 0 Å². The Hall–Kier alpha value is -2.96. The number of carbonyl (C=O) groups excluding carboxylic acids is 2. The smallest absolute Gasteiger partial charge is 0.254 e. The van der Waals surface area contributed by atoms with Crippen molar-refractivity contribution in [3.05, 3.63) is 40.7 Å². The minimum absolute atomic E-state index is 0.195. The zero-order valence-corrected chi connectivity index (χ0v) is 13.4. The fraction of sp³-hybridized carbons (Fsp3) is 0.333. The van der Waals surface area contributed by atoms with Gasteiger partial charge in [0.1, 0.15) is 5.82 Å². The van der Waals surface area contributed by atoms with E-state index in [4.69, 9.17) is 0 Å². The number of anilines is 1. The summed E-state index contributed by atoms with van der Waals surface area (Å²) in [4.78, 5) is 46.2. The monoisotopic (exact) mass is 336 g/mol. The first-order chi connectivity index (χ1) is 12.1. The van der Waals surface area contributed by atoms with Gasteiger partial charge in [-0.25, -0.2) is 9.88 Å². The molecule has 2 atom stereocenters. The molecular weight excluding hydrogens is 320 g/mol. The Morgan fingerprint density at radius 3 is 2.40 bits per heavy atom. The molecule has 2 aromatic heterocycles. The summed E-state index contributed by atoms with van der Waals surface area (Å²) in [7, 11) is 0. The number of aromatic nitrogens is 3. The Morgan fingerprint density at radius 1 is 1.00 bits per heavy atom. The second kappa shape index (κ2) is 5.02. The van der Waals surface area contributed by atoms with Gasteiger partial charge < -0.3 is 0 Å². The Kier molecular flexibility index (Phi) is 2.89. The maximum atomic E-state index is 12.9. The van der Waals surface area contributed by atoms with Crippen LogP contribution >= 0.6 is 0 Å². The molecule has 7 nitrogen and oxygen atoms in total. The van der Waals surface area contributed by atoms with E-state index in [9.17, 15) is 14.4 Å². The molecular formula is C18H16N4O3. The number of hydrogen-bond donors (Lipinski definition) is 1. The van der Waals surface area contributed by atoms with Gasteiger partial charge >= 0.3 is 0 Å².